The van der Waals surface area contributed by atoms with Crippen LogP contribution in [0.4, 0.5) is 4.79 Å². The van der Waals surface area contributed by atoms with Gasteiger partial charge in [-0.25, -0.2) is 4.79 Å². The van der Waals surface area contributed by atoms with Crippen molar-refractivity contribution in [3.05, 3.63) is 35.4 Å². The smallest absolute Gasteiger partial charge is 0.318 e. The van der Waals surface area contributed by atoms with Crippen LogP contribution in [0.2, 0.25) is 0 Å². The van der Waals surface area contributed by atoms with Gasteiger partial charge in [-0.2, -0.15) is 0 Å². The number of carbonyl (C=O) groups excluding carboxylic acids is 1. The van der Waals surface area contributed by atoms with Gasteiger partial charge in [-0.05, 0) is 17.5 Å². The number of carboxylic acids is 1. The number of urea groups is 1. The van der Waals surface area contributed by atoms with Crippen LogP contribution in [0.3, 0.4) is 0 Å². The summed E-state index contributed by atoms with van der Waals surface area (Å²) in [6.07, 6.45) is 1.37. The van der Waals surface area contributed by atoms with Gasteiger partial charge < -0.3 is 15.3 Å². The molecule has 0 fully saturated rings. The number of benzene rings is 1. The third-order valence-corrected chi connectivity index (χ3v) is 3.61. The van der Waals surface area contributed by atoms with Crippen molar-refractivity contribution in [2.24, 2.45) is 5.92 Å². The lowest BCUT2D eigenvalue weighted by molar-refractivity contribution is -0.141. The summed E-state index contributed by atoms with van der Waals surface area (Å²) >= 11 is 0. The van der Waals surface area contributed by atoms with Crippen LogP contribution in [0.15, 0.2) is 24.3 Å². The number of hydrogen-bond acceptors (Lipinski definition) is 2. The highest BCUT2D eigenvalue weighted by atomic mass is 16.4. The first-order valence-electron chi connectivity index (χ1n) is 6.94. The first kappa shape index (κ1) is 14.4. The number of aliphatic carboxylic acids is 1. The Bertz CT molecular complexity index is 477. The Morgan fingerprint density at radius 2 is 1.90 bits per heavy atom. The molecule has 2 rings (SSSR count). The molecule has 1 aliphatic heterocycles. The van der Waals surface area contributed by atoms with E-state index in [1.165, 1.54) is 0 Å². The number of nitrogens with zero attached hydrogens (tertiary/aromatic N) is 1. The molecule has 5 nitrogen and oxygen atoms in total. The van der Waals surface area contributed by atoms with Crippen molar-refractivity contribution in [2.45, 2.75) is 32.9 Å². The van der Waals surface area contributed by atoms with Gasteiger partial charge in [0.1, 0.15) is 0 Å². The summed E-state index contributed by atoms with van der Waals surface area (Å²) in [5, 5.41) is 11.8. The van der Waals surface area contributed by atoms with Gasteiger partial charge in [-0.15, -0.1) is 0 Å². The Kier molecular flexibility index (Phi) is 4.61. The van der Waals surface area contributed by atoms with Gasteiger partial charge >= 0.3 is 12.0 Å². The normalized spacial score (nSPS) is 14.8. The van der Waals surface area contributed by atoms with Crippen LogP contribution in [-0.2, 0) is 17.9 Å². The highest BCUT2D eigenvalue weighted by Crippen LogP contribution is 2.22. The molecule has 0 radical (unpaired) electrons. The predicted molar refractivity (Wildman–Crippen MR) is 75.1 cm³/mol. The maximum absolute atomic E-state index is 12.1. The Labute approximate surface area is 118 Å². The lowest BCUT2D eigenvalue weighted by Gasteiger charge is -2.18. The van der Waals surface area contributed by atoms with E-state index in [0.29, 0.717) is 19.5 Å². The van der Waals surface area contributed by atoms with Gasteiger partial charge in [0, 0.05) is 19.6 Å². The summed E-state index contributed by atoms with van der Waals surface area (Å²) < 4.78 is 0. The van der Waals surface area contributed by atoms with Crippen molar-refractivity contribution in [2.75, 3.05) is 6.54 Å². The molecular formula is C15H20N2O3. The maximum atomic E-state index is 12.1. The Morgan fingerprint density at radius 1 is 1.30 bits per heavy atom. The topological polar surface area (TPSA) is 69.6 Å². The Hall–Kier alpha value is -2.04. The van der Waals surface area contributed by atoms with Crippen LogP contribution < -0.4 is 5.32 Å². The summed E-state index contributed by atoms with van der Waals surface area (Å²) in [7, 11) is 0. The fraction of sp³-hybridized carbons (Fsp3) is 0.467. The number of amides is 2. The first-order chi connectivity index (χ1) is 9.61. The van der Waals surface area contributed by atoms with Crippen LogP contribution >= 0.6 is 0 Å². The minimum atomic E-state index is -0.850. The van der Waals surface area contributed by atoms with Gasteiger partial charge in [-0.3, -0.25) is 4.79 Å². The van der Waals surface area contributed by atoms with Crippen molar-refractivity contribution in [3.63, 3.8) is 0 Å². The van der Waals surface area contributed by atoms with E-state index in [2.05, 4.69) is 5.32 Å². The number of carboxylic acid groups (broad SMARTS) is 1. The van der Waals surface area contributed by atoms with Crippen molar-refractivity contribution < 1.29 is 14.7 Å². The molecule has 20 heavy (non-hydrogen) atoms. The zero-order valence-corrected chi connectivity index (χ0v) is 11.6. The molecule has 5 heteroatoms. The number of carbonyl (C=O) groups is 2. The summed E-state index contributed by atoms with van der Waals surface area (Å²) in [6.45, 7) is 3.31. The largest absolute Gasteiger partial charge is 0.481 e. The van der Waals surface area contributed by atoms with Crippen LogP contribution in [0.1, 0.15) is 30.9 Å². The van der Waals surface area contributed by atoms with Crippen LogP contribution in [0.5, 0.6) is 0 Å². The molecule has 0 saturated carbocycles. The zero-order valence-electron chi connectivity index (χ0n) is 11.6. The fourth-order valence-corrected chi connectivity index (χ4v) is 2.46. The second kappa shape index (κ2) is 6.41. The molecule has 108 valence electrons. The third-order valence-electron chi connectivity index (χ3n) is 3.61. The van der Waals surface area contributed by atoms with E-state index in [-0.39, 0.29) is 12.6 Å². The van der Waals surface area contributed by atoms with Gasteiger partial charge in [0.25, 0.3) is 0 Å². The highest BCUT2D eigenvalue weighted by Gasteiger charge is 2.24. The molecule has 0 aromatic heterocycles. The second-order valence-electron chi connectivity index (χ2n) is 5.13. The zero-order chi connectivity index (χ0) is 14.5. The summed E-state index contributed by atoms with van der Waals surface area (Å²) in [4.78, 5) is 24.8. The fourth-order valence-electron chi connectivity index (χ4n) is 2.46. The number of rotatable bonds is 5. The van der Waals surface area contributed by atoms with E-state index in [1.54, 1.807) is 4.90 Å². The minimum absolute atomic E-state index is 0.189. The van der Waals surface area contributed by atoms with E-state index >= 15 is 0 Å². The Morgan fingerprint density at radius 3 is 2.40 bits per heavy atom. The minimum Gasteiger partial charge on any atom is -0.481 e. The molecule has 0 bridgehead atoms. The molecule has 1 heterocycles. The van der Waals surface area contributed by atoms with Crippen LogP contribution in [0.25, 0.3) is 0 Å². The van der Waals surface area contributed by atoms with Crippen molar-refractivity contribution in [1.29, 1.82) is 0 Å². The van der Waals surface area contributed by atoms with E-state index in [4.69, 9.17) is 5.11 Å². The summed E-state index contributed by atoms with van der Waals surface area (Å²) in [5.41, 5.74) is 2.32. The number of fused-ring (bicyclic) bond motifs is 1. The van der Waals surface area contributed by atoms with Gasteiger partial charge in [0.2, 0.25) is 0 Å². The van der Waals surface area contributed by atoms with Gasteiger partial charge in [0.15, 0.2) is 0 Å². The third kappa shape index (κ3) is 3.29. The molecule has 1 aliphatic rings. The van der Waals surface area contributed by atoms with Crippen LogP contribution in [-0.4, -0.2) is 28.6 Å². The second-order valence-corrected chi connectivity index (χ2v) is 5.13. The quantitative estimate of drug-likeness (QED) is 0.866. The van der Waals surface area contributed by atoms with Crippen LogP contribution in [0, 0.1) is 5.92 Å². The van der Waals surface area contributed by atoms with Crippen molar-refractivity contribution in [1.82, 2.24) is 10.2 Å². The first-order valence-corrected chi connectivity index (χ1v) is 6.94. The van der Waals surface area contributed by atoms with Gasteiger partial charge in [0.05, 0.1) is 5.92 Å². The van der Waals surface area contributed by atoms with Crippen molar-refractivity contribution >= 4 is 12.0 Å². The molecule has 0 saturated heterocycles. The molecule has 1 atom stereocenters. The highest BCUT2D eigenvalue weighted by molar-refractivity contribution is 5.76. The van der Waals surface area contributed by atoms with Gasteiger partial charge in [-0.1, -0.05) is 37.6 Å². The SMILES string of the molecule is CCCC(CNC(=O)N1Cc2ccccc2C1)C(=O)O. The molecule has 2 amide bonds. The monoisotopic (exact) mass is 276 g/mol. The van der Waals surface area contributed by atoms with E-state index < -0.39 is 11.9 Å². The summed E-state index contributed by atoms with van der Waals surface area (Å²) in [5.74, 6) is -1.36. The average molecular weight is 276 g/mol. The van der Waals surface area contributed by atoms with E-state index in [9.17, 15) is 9.59 Å². The Balaban J connectivity index is 1.86. The number of hydrogen-bond donors (Lipinski definition) is 2. The molecule has 0 spiro atoms. The standard InChI is InChI=1S/C15H20N2O3/c1-2-5-11(14(18)19)8-16-15(20)17-9-12-6-3-4-7-13(12)10-17/h3-4,6-7,11H,2,5,8-10H2,1H3,(H,16,20)(H,18,19). The number of nitrogens with one attached hydrogen (secondary N) is 1. The van der Waals surface area contributed by atoms with E-state index in [0.717, 1.165) is 17.5 Å². The molecule has 2 N–H and O–H groups in total. The lowest BCUT2D eigenvalue weighted by atomic mass is 10.0. The summed E-state index contributed by atoms with van der Waals surface area (Å²) in [6, 6.07) is 7.76. The lowest BCUT2D eigenvalue weighted by Crippen LogP contribution is -2.40. The molecule has 1 unspecified atom stereocenters. The van der Waals surface area contributed by atoms with Crippen molar-refractivity contribution in [3.8, 4) is 0 Å². The molecule has 0 aliphatic carbocycles. The molecule has 1 aromatic rings. The molecule has 1 aromatic carbocycles. The predicted octanol–water partition coefficient (Wildman–Crippen LogP) is 2.21. The average Bonchev–Trinajstić information content (AvgIpc) is 2.86. The molecular weight excluding hydrogens is 256 g/mol. The van der Waals surface area contributed by atoms with E-state index in [1.807, 2.05) is 31.2 Å². The maximum Gasteiger partial charge on any atom is 0.318 e.